The molecular formula is C22H24N4O2. The monoisotopic (exact) mass is 376 g/mol. The minimum absolute atomic E-state index is 0.266. The number of aromatic nitrogens is 1. The smallest absolute Gasteiger partial charge is 0.274 e. The second-order valence-corrected chi connectivity index (χ2v) is 6.65. The van der Waals surface area contributed by atoms with Crippen LogP contribution in [0, 0.1) is 6.92 Å². The first kappa shape index (κ1) is 19.2. The van der Waals surface area contributed by atoms with Gasteiger partial charge in [-0.3, -0.25) is 9.78 Å². The van der Waals surface area contributed by atoms with E-state index >= 15 is 0 Å². The van der Waals surface area contributed by atoms with E-state index in [1.807, 2.05) is 74.4 Å². The Morgan fingerprint density at radius 1 is 1.00 bits per heavy atom. The minimum atomic E-state index is -0.266. The predicted octanol–water partition coefficient (Wildman–Crippen LogP) is 4.46. The SMILES string of the molecule is COc1ccc(C)cc1Nc1ccnc(C(=O)Nc2ccc(N(C)C)cc2)c1. The number of rotatable bonds is 6. The van der Waals surface area contributed by atoms with Crippen molar-refractivity contribution in [1.29, 1.82) is 0 Å². The molecule has 0 radical (unpaired) electrons. The Morgan fingerprint density at radius 3 is 2.43 bits per heavy atom. The van der Waals surface area contributed by atoms with Crippen molar-refractivity contribution in [2.45, 2.75) is 6.92 Å². The Balaban J connectivity index is 1.75. The van der Waals surface area contributed by atoms with E-state index in [-0.39, 0.29) is 5.91 Å². The van der Waals surface area contributed by atoms with Crippen molar-refractivity contribution in [3.63, 3.8) is 0 Å². The van der Waals surface area contributed by atoms with Gasteiger partial charge in [-0.1, -0.05) is 6.07 Å². The van der Waals surface area contributed by atoms with Crippen molar-refractivity contribution in [2.24, 2.45) is 0 Å². The van der Waals surface area contributed by atoms with E-state index < -0.39 is 0 Å². The molecule has 0 aliphatic rings. The molecule has 0 unspecified atom stereocenters. The number of aryl methyl sites for hydroxylation is 1. The van der Waals surface area contributed by atoms with Gasteiger partial charge in [-0.2, -0.15) is 0 Å². The first-order valence-corrected chi connectivity index (χ1v) is 8.93. The highest BCUT2D eigenvalue weighted by Crippen LogP contribution is 2.28. The summed E-state index contributed by atoms with van der Waals surface area (Å²) in [5.41, 5.74) is 4.81. The van der Waals surface area contributed by atoms with E-state index in [1.54, 1.807) is 19.4 Å². The van der Waals surface area contributed by atoms with Crippen molar-refractivity contribution in [3.05, 3.63) is 72.1 Å². The summed E-state index contributed by atoms with van der Waals surface area (Å²) in [5.74, 6) is 0.465. The minimum Gasteiger partial charge on any atom is -0.495 e. The van der Waals surface area contributed by atoms with E-state index in [2.05, 4.69) is 15.6 Å². The first-order chi connectivity index (χ1) is 13.5. The van der Waals surface area contributed by atoms with Crippen LogP contribution in [0.4, 0.5) is 22.7 Å². The summed E-state index contributed by atoms with van der Waals surface area (Å²) in [4.78, 5) is 18.8. The largest absolute Gasteiger partial charge is 0.495 e. The third-order valence-electron chi connectivity index (χ3n) is 4.27. The van der Waals surface area contributed by atoms with Gasteiger partial charge in [0.15, 0.2) is 0 Å². The zero-order valence-corrected chi connectivity index (χ0v) is 16.5. The first-order valence-electron chi connectivity index (χ1n) is 8.93. The summed E-state index contributed by atoms with van der Waals surface area (Å²) in [7, 11) is 5.57. The van der Waals surface area contributed by atoms with Gasteiger partial charge in [0.25, 0.3) is 5.91 Å². The molecule has 3 aromatic rings. The van der Waals surface area contributed by atoms with Gasteiger partial charge in [0, 0.05) is 37.4 Å². The summed E-state index contributed by atoms with van der Waals surface area (Å²) in [5, 5.41) is 6.17. The fourth-order valence-electron chi connectivity index (χ4n) is 2.75. The number of carbonyl (C=O) groups excluding carboxylic acids is 1. The molecule has 0 saturated heterocycles. The molecule has 6 nitrogen and oxygen atoms in total. The Labute approximate surface area is 165 Å². The van der Waals surface area contributed by atoms with E-state index in [4.69, 9.17) is 4.74 Å². The van der Waals surface area contributed by atoms with Crippen LogP contribution in [0.15, 0.2) is 60.8 Å². The van der Waals surface area contributed by atoms with Crippen LogP contribution >= 0.6 is 0 Å². The summed E-state index contributed by atoms with van der Waals surface area (Å²) >= 11 is 0. The number of ether oxygens (including phenoxy) is 1. The standard InChI is InChI=1S/C22H24N4O2/c1-15-5-10-21(28-4)19(13-15)24-17-11-12-23-20(14-17)22(27)25-16-6-8-18(9-7-16)26(2)3/h5-14H,1-4H3,(H,23,24)(H,25,27). The van der Waals surface area contributed by atoms with Gasteiger partial charge in [-0.15, -0.1) is 0 Å². The predicted molar refractivity (Wildman–Crippen MR) is 114 cm³/mol. The molecule has 3 rings (SSSR count). The van der Waals surface area contributed by atoms with Crippen molar-refractivity contribution in [3.8, 4) is 5.75 Å². The van der Waals surface area contributed by atoms with Gasteiger partial charge in [-0.05, 0) is 61.0 Å². The third kappa shape index (κ3) is 4.59. The molecule has 2 N–H and O–H groups in total. The number of carbonyl (C=O) groups is 1. The molecule has 144 valence electrons. The fraction of sp³-hybridized carbons (Fsp3) is 0.182. The lowest BCUT2D eigenvalue weighted by atomic mass is 10.2. The number of anilines is 4. The number of hydrogen-bond acceptors (Lipinski definition) is 5. The summed E-state index contributed by atoms with van der Waals surface area (Å²) in [6.07, 6.45) is 1.61. The Morgan fingerprint density at radius 2 is 1.75 bits per heavy atom. The zero-order chi connectivity index (χ0) is 20.1. The van der Waals surface area contributed by atoms with Gasteiger partial charge in [0.2, 0.25) is 0 Å². The van der Waals surface area contributed by atoms with Crippen LogP contribution in [0.3, 0.4) is 0 Å². The van der Waals surface area contributed by atoms with Crippen molar-refractivity contribution in [1.82, 2.24) is 4.98 Å². The number of hydrogen-bond donors (Lipinski definition) is 2. The van der Waals surface area contributed by atoms with Crippen molar-refractivity contribution >= 4 is 28.7 Å². The maximum atomic E-state index is 12.6. The number of methoxy groups -OCH3 is 1. The van der Waals surface area contributed by atoms with Gasteiger partial charge in [-0.25, -0.2) is 0 Å². The van der Waals surface area contributed by atoms with Crippen LogP contribution in [0.2, 0.25) is 0 Å². The van der Waals surface area contributed by atoms with E-state index in [9.17, 15) is 4.79 Å². The Kier molecular flexibility index (Phi) is 5.79. The Bertz CT molecular complexity index is 969. The lowest BCUT2D eigenvalue weighted by Gasteiger charge is -2.14. The highest BCUT2D eigenvalue weighted by Gasteiger charge is 2.10. The number of nitrogens with zero attached hydrogens (tertiary/aromatic N) is 2. The number of benzene rings is 2. The van der Waals surface area contributed by atoms with Crippen LogP contribution in [-0.2, 0) is 0 Å². The summed E-state index contributed by atoms with van der Waals surface area (Å²) in [6.45, 7) is 2.01. The molecule has 0 aliphatic heterocycles. The molecule has 0 saturated carbocycles. The Hall–Kier alpha value is -3.54. The van der Waals surface area contributed by atoms with E-state index in [0.717, 1.165) is 34.1 Å². The molecule has 0 fully saturated rings. The fourth-order valence-corrected chi connectivity index (χ4v) is 2.75. The second-order valence-electron chi connectivity index (χ2n) is 6.65. The molecular weight excluding hydrogens is 352 g/mol. The molecule has 0 spiro atoms. The van der Waals surface area contributed by atoms with Crippen LogP contribution in [0.25, 0.3) is 0 Å². The molecule has 1 heterocycles. The van der Waals surface area contributed by atoms with Crippen LogP contribution in [-0.4, -0.2) is 32.1 Å². The second kappa shape index (κ2) is 8.43. The lowest BCUT2D eigenvalue weighted by Crippen LogP contribution is -2.14. The molecule has 1 aromatic heterocycles. The van der Waals surface area contributed by atoms with Gasteiger partial charge in [0.1, 0.15) is 11.4 Å². The topological polar surface area (TPSA) is 66.5 Å². The molecule has 28 heavy (non-hydrogen) atoms. The quantitative estimate of drug-likeness (QED) is 0.665. The van der Waals surface area contributed by atoms with Crippen LogP contribution < -0.4 is 20.3 Å². The molecule has 1 amide bonds. The third-order valence-corrected chi connectivity index (χ3v) is 4.27. The summed E-state index contributed by atoms with van der Waals surface area (Å²) < 4.78 is 5.39. The van der Waals surface area contributed by atoms with E-state index in [1.165, 1.54) is 0 Å². The highest BCUT2D eigenvalue weighted by atomic mass is 16.5. The number of pyridine rings is 1. The average molecular weight is 376 g/mol. The molecule has 0 atom stereocenters. The maximum absolute atomic E-state index is 12.6. The maximum Gasteiger partial charge on any atom is 0.274 e. The molecule has 6 heteroatoms. The average Bonchev–Trinajstić information content (AvgIpc) is 2.69. The van der Waals surface area contributed by atoms with Crippen LogP contribution in [0.1, 0.15) is 16.1 Å². The number of amides is 1. The van der Waals surface area contributed by atoms with Crippen molar-refractivity contribution < 1.29 is 9.53 Å². The van der Waals surface area contributed by atoms with Gasteiger partial charge in [0.05, 0.1) is 12.8 Å². The molecule has 0 aliphatic carbocycles. The van der Waals surface area contributed by atoms with Gasteiger partial charge >= 0.3 is 0 Å². The molecule has 0 bridgehead atoms. The van der Waals surface area contributed by atoms with Crippen molar-refractivity contribution in [2.75, 3.05) is 36.7 Å². The number of nitrogens with one attached hydrogen (secondary N) is 2. The van der Waals surface area contributed by atoms with E-state index in [0.29, 0.717) is 5.69 Å². The van der Waals surface area contributed by atoms with Gasteiger partial charge < -0.3 is 20.3 Å². The normalized spacial score (nSPS) is 10.3. The molecule has 2 aromatic carbocycles. The zero-order valence-electron chi connectivity index (χ0n) is 16.5. The lowest BCUT2D eigenvalue weighted by molar-refractivity contribution is 0.102. The summed E-state index contributed by atoms with van der Waals surface area (Å²) in [6, 6.07) is 17.0. The highest BCUT2D eigenvalue weighted by molar-refractivity contribution is 6.03. The van der Waals surface area contributed by atoms with Crippen LogP contribution in [0.5, 0.6) is 5.75 Å².